The van der Waals surface area contributed by atoms with Gasteiger partial charge in [0.05, 0.1) is 29.7 Å². The van der Waals surface area contributed by atoms with Crippen LogP contribution in [0.1, 0.15) is 34.1 Å². The molecule has 0 amide bonds. The summed E-state index contributed by atoms with van der Waals surface area (Å²) >= 11 is 0. The smallest absolute Gasteiger partial charge is 0.335 e. The maximum Gasteiger partial charge on any atom is 0.335 e. The first-order chi connectivity index (χ1) is 18.5. The SMILES string of the molecule is C1COC1.Cn1c(CN2CCN(Cc3ccc(COc4ccccc4)o3)CC2)nc2ccc(C(=O)O)cc21. The average molecular weight is 519 g/mol. The maximum atomic E-state index is 11.3. The van der Waals surface area contributed by atoms with Crippen LogP contribution in [0.4, 0.5) is 0 Å². The molecule has 2 saturated heterocycles. The van der Waals surface area contributed by atoms with Crippen molar-refractivity contribution >= 4 is 17.0 Å². The number of aromatic nitrogens is 2. The highest BCUT2D eigenvalue weighted by Crippen LogP contribution is 2.20. The van der Waals surface area contributed by atoms with Crippen molar-refractivity contribution in [2.24, 2.45) is 7.05 Å². The molecule has 2 aliphatic heterocycles. The Bertz CT molecular complexity index is 1330. The van der Waals surface area contributed by atoms with Crippen molar-refractivity contribution in [1.82, 2.24) is 19.4 Å². The fourth-order valence-corrected chi connectivity index (χ4v) is 4.44. The Hall–Kier alpha value is -3.66. The molecule has 2 aromatic heterocycles. The van der Waals surface area contributed by atoms with E-state index in [2.05, 4.69) is 9.80 Å². The molecule has 2 aromatic carbocycles. The van der Waals surface area contributed by atoms with Gasteiger partial charge in [0.15, 0.2) is 0 Å². The summed E-state index contributed by atoms with van der Waals surface area (Å²) in [5, 5.41) is 9.25. The summed E-state index contributed by atoms with van der Waals surface area (Å²) in [4.78, 5) is 20.8. The van der Waals surface area contributed by atoms with Gasteiger partial charge in [-0.25, -0.2) is 9.78 Å². The highest BCUT2D eigenvalue weighted by Gasteiger charge is 2.20. The Morgan fingerprint density at radius 2 is 1.61 bits per heavy atom. The lowest BCUT2D eigenvalue weighted by Crippen LogP contribution is -2.45. The number of nitrogens with zero attached hydrogens (tertiary/aromatic N) is 4. The zero-order valence-corrected chi connectivity index (χ0v) is 21.7. The van der Waals surface area contributed by atoms with Gasteiger partial charge in [-0.3, -0.25) is 9.80 Å². The first-order valence-electron chi connectivity index (χ1n) is 13.0. The molecule has 0 atom stereocenters. The van der Waals surface area contributed by atoms with E-state index in [4.69, 9.17) is 18.9 Å². The molecule has 38 heavy (non-hydrogen) atoms. The number of carboxylic acids is 1. The summed E-state index contributed by atoms with van der Waals surface area (Å²) < 4.78 is 18.5. The molecule has 2 aliphatic rings. The largest absolute Gasteiger partial charge is 0.486 e. The third kappa shape index (κ3) is 6.61. The summed E-state index contributed by atoms with van der Waals surface area (Å²) in [5.74, 6) is 2.63. The molecule has 9 heteroatoms. The van der Waals surface area contributed by atoms with E-state index >= 15 is 0 Å². The third-order valence-electron chi connectivity index (χ3n) is 6.85. The molecule has 0 radical (unpaired) electrons. The predicted molar refractivity (Wildman–Crippen MR) is 143 cm³/mol. The van der Waals surface area contributed by atoms with E-state index in [-0.39, 0.29) is 5.56 Å². The molecule has 0 bridgehead atoms. The minimum absolute atomic E-state index is 0.281. The van der Waals surface area contributed by atoms with E-state index in [1.165, 1.54) is 6.42 Å². The number of imidazole rings is 1. The van der Waals surface area contributed by atoms with Gasteiger partial charge in [0, 0.05) is 46.4 Å². The van der Waals surface area contributed by atoms with Crippen LogP contribution in [0, 0.1) is 0 Å². The second kappa shape index (κ2) is 12.3. The molecule has 0 unspecified atom stereocenters. The molecule has 1 N–H and O–H groups in total. The Morgan fingerprint density at radius 3 is 2.26 bits per heavy atom. The first-order valence-corrected chi connectivity index (χ1v) is 13.0. The Kier molecular flexibility index (Phi) is 8.37. The molecule has 6 rings (SSSR count). The number of benzene rings is 2. The van der Waals surface area contributed by atoms with Gasteiger partial charge in [0.1, 0.15) is 29.7 Å². The van der Waals surface area contributed by atoms with Crippen molar-refractivity contribution in [2.45, 2.75) is 26.1 Å². The van der Waals surface area contributed by atoms with Gasteiger partial charge >= 0.3 is 5.97 Å². The number of piperazine rings is 1. The molecule has 0 saturated carbocycles. The van der Waals surface area contributed by atoms with E-state index in [9.17, 15) is 9.90 Å². The van der Waals surface area contributed by atoms with Crippen LogP contribution in [0.15, 0.2) is 65.1 Å². The zero-order chi connectivity index (χ0) is 26.3. The van der Waals surface area contributed by atoms with Crippen molar-refractivity contribution in [3.05, 3.63) is 83.6 Å². The van der Waals surface area contributed by atoms with Crippen molar-refractivity contribution in [2.75, 3.05) is 39.4 Å². The Morgan fingerprint density at radius 1 is 0.947 bits per heavy atom. The van der Waals surface area contributed by atoms with E-state index < -0.39 is 5.97 Å². The molecule has 0 aliphatic carbocycles. The van der Waals surface area contributed by atoms with Crippen molar-refractivity contribution in [1.29, 1.82) is 0 Å². The maximum absolute atomic E-state index is 11.3. The molecule has 4 heterocycles. The monoisotopic (exact) mass is 518 g/mol. The topological polar surface area (TPSA) is 93.2 Å². The first kappa shape index (κ1) is 26.0. The average Bonchev–Trinajstić information content (AvgIpc) is 3.47. The van der Waals surface area contributed by atoms with Gasteiger partial charge in [-0.05, 0) is 48.9 Å². The standard InChI is InChI=1S/C26H28N4O4.C3H6O/c1-28-24-15-19(26(31)32)7-10-23(24)27-25(28)17-30-13-11-29(12-14-30)16-21-8-9-22(34-21)18-33-20-5-3-2-4-6-20;1-2-4-3-1/h2-10,15H,11-14,16-18H2,1H3,(H,31,32);1-3H2. The molecule has 2 fully saturated rings. The number of carbonyl (C=O) groups is 1. The minimum atomic E-state index is -0.923. The Balaban J connectivity index is 0.000000673. The van der Waals surface area contributed by atoms with Crippen LogP contribution in [0.5, 0.6) is 5.75 Å². The van der Waals surface area contributed by atoms with Crippen LogP contribution in [0.2, 0.25) is 0 Å². The van der Waals surface area contributed by atoms with Crippen LogP contribution < -0.4 is 4.74 Å². The van der Waals surface area contributed by atoms with E-state index in [0.29, 0.717) is 6.61 Å². The predicted octanol–water partition coefficient (Wildman–Crippen LogP) is 4.17. The minimum Gasteiger partial charge on any atom is -0.486 e. The zero-order valence-electron chi connectivity index (χ0n) is 21.7. The quantitative estimate of drug-likeness (QED) is 0.372. The summed E-state index contributed by atoms with van der Waals surface area (Å²) in [6.07, 6.45) is 1.28. The second-order valence-electron chi connectivity index (χ2n) is 9.58. The Labute approximate surface area is 222 Å². The number of rotatable bonds is 8. The van der Waals surface area contributed by atoms with Crippen LogP contribution in [-0.4, -0.2) is 69.8 Å². The summed E-state index contributed by atoms with van der Waals surface area (Å²) in [6.45, 7) is 7.71. The number of ether oxygens (including phenoxy) is 2. The van der Waals surface area contributed by atoms with Crippen molar-refractivity contribution < 1.29 is 23.8 Å². The van der Waals surface area contributed by atoms with Gasteiger partial charge in [-0.1, -0.05) is 18.2 Å². The molecule has 9 nitrogen and oxygen atoms in total. The van der Waals surface area contributed by atoms with Crippen molar-refractivity contribution in [3.63, 3.8) is 0 Å². The van der Waals surface area contributed by atoms with Gasteiger partial charge in [-0.2, -0.15) is 0 Å². The lowest BCUT2D eigenvalue weighted by Gasteiger charge is -2.33. The number of fused-ring (bicyclic) bond motifs is 1. The molecule has 0 spiro atoms. The van der Waals surface area contributed by atoms with Crippen LogP contribution in [0.3, 0.4) is 0 Å². The third-order valence-corrected chi connectivity index (χ3v) is 6.85. The number of aromatic carboxylic acids is 1. The number of aryl methyl sites for hydroxylation is 1. The molecular weight excluding hydrogens is 484 g/mol. The molecule has 4 aromatic rings. The lowest BCUT2D eigenvalue weighted by atomic mass is 10.2. The van der Waals surface area contributed by atoms with Gasteiger partial charge in [-0.15, -0.1) is 0 Å². The van der Waals surface area contributed by atoms with E-state index in [1.54, 1.807) is 18.2 Å². The molecular formula is C29H34N4O5. The lowest BCUT2D eigenvalue weighted by molar-refractivity contribution is 0.0367. The van der Waals surface area contributed by atoms with Crippen molar-refractivity contribution in [3.8, 4) is 5.75 Å². The van der Waals surface area contributed by atoms with Crippen LogP contribution in [0.25, 0.3) is 11.0 Å². The fourth-order valence-electron chi connectivity index (χ4n) is 4.44. The molecule has 200 valence electrons. The van der Waals surface area contributed by atoms with E-state index in [0.717, 1.165) is 86.6 Å². The van der Waals surface area contributed by atoms with Crippen LogP contribution in [-0.2, 0) is 31.5 Å². The van der Waals surface area contributed by atoms with Gasteiger partial charge in [0.25, 0.3) is 0 Å². The number of carboxylic acid groups (broad SMARTS) is 1. The second-order valence-corrected chi connectivity index (χ2v) is 9.58. The number of para-hydroxylation sites is 1. The summed E-state index contributed by atoms with van der Waals surface area (Å²) in [7, 11) is 1.95. The summed E-state index contributed by atoms with van der Waals surface area (Å²) in [5.41, 5.74) is 1.95. The highest BCUT2D eigenvalue weighted by molar-refractivity contribution is 5.92. The van der Waals surface area contributed by atoms with E-state index in [1.807, 2.05) is 54.1 Å². The highest BCUT2D eigenvalue weighted by atomic mass is 16.5. The normalized spacial score (nSPS) is 16.0. The number of hydrogen-bond donors (Lipinski definition) is 1. The number of hydrogen-bond acceptors (Lipinski definition) is 7. The summed E-state index contributed by atoms with van der Waals surface area (Å²) in [6, 6.07) is 18.8. The number of furan rings is 1. The van der Waals surface area contributed by atoms with Gasteiger partial charge in [0.2, 0.25) is 0 Å². The van der Waals surface area contributed by atoms with Gasteiger partial charge < -0.3 is 23.6 Å². The fraction of sp³-hybridized carbons (Fsp3) is 0.379. The van der Waals surface area contributed by atoms with Crippen LogP contribution >= 0.6 is 0 Å².